The van der Waals surface area contributed by atoms with Gasteiger partial charge >= 0.3 is 5.97 Å². The zero-order valence-electron chi connectivity index (χ0n) is 9.86. The Bertz CT molecular complexity index is 487. The summed E-state index contributed by atoms with van der Waals surface area (Å²) in [6.07, 6.45) is 1.45. The molecule has 1 N–H and O–H groups in total. The summed E-state index contributed by atoms with van der Waals surface area (Å²) < 4.78 is 0.891. The molecular formula is C13H14BrNO3. The number of fused-ring (bicyclic) bond motifs is 1. The molecule has 1 heterocycles. The SMILES string of the molecule is O=C(O)CCCN1CCc2ccc(Br)cc2C1=O. The van der Waals surface area contributed by atoms with E-state index in [1.165, 1.54) is 0 Å². The molecule has 5 heteroatoms. The van der Waals surface area contributed by atoms with Gasteiger partial charge in [0.1, 0.15) is 0 Å². The summed E-state index contributed by atoms with van der Waals surface area (Å²) in [5, 5.41) is 8.59. The lowest BCUT2D eigenvalue weighted by Crippen LogP contribution is -2.38. The molecule has 0 fully saturated rings. The quantitative estimate of drug-likeness (QED) is 0.928. The van der Waals surface area contributed by atoms with Crippen LogP contribution in [-0.2, 0) is 11.2 Å². The molecule has 0 aromatic heterocycles. The van der Waals surface area contributed by atoms with E-state index in [2.05, 4.69) is 15.9 Å². The van der Waals surface area contributed by atoms with E-state index in [-0.39, 0.29) is 12.3 Å². The Labute approximate surface area is 114 Å². The minimum absolute atomic E-state index is 0.00272. The van der Waals surface area contributed by atoms with E-state index in [1.807, 2.05) is 18.2 Å². The molecule has 4 nitrogen and oxygen atoms in total. The van der Waals surface area contributed by atoms with Crippen molar-refractivity contribution in [3.8, 4) is 0 Å². The molecule has 96 valence electrons. The fraction of sp³-hybridized carbons (Fsp3) is 0.385. The van der Waals surface area contributed by atoms with Gasteiger partial charge in [0.05, 0.1) is 0 Å². The maximum Gasteiger partial charge on any atom is 0.303 e. The van der Waals surface area contributed by atoms with Gasteiger partial charge in [0.2, 0.25) is 0 Å². The van der Waals surface area contributed by atoms with Crippen molar-refractivity contribution in [3.05, 3.63) is 33.8 Å². The number of nitrogens with zero attached hydrogens (tertiary/aromatic N) is 1. The van der Waals surface area contributed by atoms with Crippen molar-refractivity contribution in [2.75, 3.05) is 13.1 Å². The maximum absolute atomic E-state index is 12.2. The number of carboxylic acid groups (broad SMARTS) is 1. The van der Waals surface area contributed by atoms with Gasteiger partial charge in [-0.25, -0.2) is 0 Å². The van der Waals surface area contributed by atoms with Gasteiger partial charge in [0, 0.05) is 29.5 Å². The van der Waals surface area contributed by atoms with Gasteiger partial charge in [-0.3, -0.25) is 9.59 Å². The van der Waals surface area contributed by atoms with Crippen molar-refractivity contribution in [3.63, 3.8) is 0 Å². The van der Waals surface area contributed by atoms with Gasteiger partial charge in [0.15, 0.2) is 0 Å². The Hall–Kier alpha value is -1.36. The molecular weight excluding hydrogens is 298 g/mol. The third kappa shape index (κ3) is 2.90. The second-order valence-corrected chi connectivity index (χ2v) is 5.26. The molecule has 2 rings (SSSR count). The van der Waals surface area contributed by atoms with Crippen LogP contribution in [0, 0.1) is 0 Å². The van der Waals surface area contributed by atoms with E-state index in [0.717, 1.165) is 22.0 Å². The molecule has 0 aliphatic carbocycles. The van der Waals surface area contributed by atoms with Crippen molar-refractivity contribution >= 4 is 27.8 Å². The number of carbonyl (C=O) groups is 2. The van der Waals surface area contributed by atoms with E-state index >= 15 is 0 Å². The minimum Gasteiger partial charge on any atom is -0.481 e. The van der Waals surface area contributed by atoms with Crippen LogP contribution in [0.15, 0.2) is 22.7 Å². The van der Waals surface area contributed by atoms with Crippen molar-refractivity contribution in [1.29, 1.82) is 0 Å². The topological polar surface area (TPSA) is 57.6 Å². The normalized spacial score (nSPS) is 14.5. The summed E-state index contributed by atoms with van der Waals surface area (Å²) >= 11 is 3.36. The average molecular weight is 312 g/mol. The van der Waals surface area contributed by atoms with Crippen LogP contribution in [-0.4, -0.2) is 35.0 Å². The van der Waals surface area contributed by atoms with Gasteiger partial charge in [-0.2, -0.15) is 0 Å². The number of aliphatic carboxylic acids is 1. The molecule has 0 spiro atoms. The number of benzene rings is 1. The highest BCUT2D eigenvalue weighted by molar-refractivity contribution is 9.10. The van der Waals surface area contributed by atoms with E-state index in [9.17, 15) is 9.59 Å². The van der Waals surface area contributed by atoms with Crippen LogP contribution in [0.5, 0.6) is 0 Å². The molecule has 0 bridgehead atoms. The second kappa shape index (κ2) is 5.52. The monoisotopic (exact) mass is 311 g/mol. The molecule has 0 saturated heterocycles. The number of amides is 1. The van der Waals surface area contributed by atoms with Crippen molar-refractivity contribution in [2.24, 2.45) is 0 Å². The number of rotatable bonds is 4. The molecule has 0 unspecified atom stereocenters. The first-order chi connectivity index (χ1) is 8.58. The van der Waals surface area contributed by atoms with Crippen LogP contribution in [0.2, 0.25) is 0 Å². The van der Waals surface area contributed by atoms with Gasteiger partial charge in [0.25, 0.3) is 5.91 Å². The summed E-state index contributed by atoms with van der Waals surface area (Å²) in [7, 11) is 0. The van der Waals surface area contributed by atoms with Crippen LogP contribution >= 0.6 is 15.9 Å². The first-order valence-corrected chi connectivity index (χ1v) is 6.67. The molecule has 1 aliphatic heterocycles. The summed E-state index contributed by atoms with van der Waals surface area (Å²) in [6.45, 7) is 1.18. The van der Waals surface area contributed by atoms with Crippen molar-refractivity contribution < 1.29 is 14.7 Å². The first-order valence-electron chi connectivity index (χ1n) is 5.87. The van der Waals surface area contributed by atoms with E-state index in [4.69, 9.17) is 5.11 Å². The second-order valence-electron chi connectivity index (χ2n) is 4.34. The maximum atomic E-state index is 12.2. The van der Waals surface area contributed by atoms with Crippen LogP contribution in [0.4, 0.5) is 0 Å². The fourth-order valence-corrected chi connectivity index (χ4v) is 2.49. The largest absolute Gasteiger partial charge is 0.481 e. The van der Waals surface area contributed by atoms with Gasteiger partial charge in [-0.05, 0) is 30.5 Å². The molecule has 1 amide bonds. The first kappa shape index (κ1) is 13.1. The highest BCUT2D eigenvalue weighted by Crippen LogP contribution is 2.23. The standard InChI is InChI=1S/C13H14BrNO3/c14-10-4-3-9-5-7-15(6-1-2-12(16)17)13(18)11(9)8-10/h3-4,8H,1-2,5-7H2,(H,16,17). The number of hydrogen-bond acceptors (Lipinski definition) is 2. The number of carbonyl (C=O) groups excluding carboxylic acids is 1. The van der Waals surface area contributed by atoms with Crippen LogP contribution in [0.25, 0.3) is 0 Å². The van der Waals surface area contributed by atoms with Gasteiger partial charge in [-0.15, -0.1) is 0 Å². The lowest BCUT2D eigenvalue weighted by molar-refractivity contribution is -0.137. The number of carboxylic acids is 1. The third-order valence-corrected chi connectivity index (χ3v) is 3.55. The van der Waals surface area contributed by atoms with Gasteiger partial charge < -0.3 is 10.0 Å². The zero-order chi connectivity index (χ0) is 13.1. The Balaban J connectivity index is 2.05. The molecule has 0 atom stereocenters. The third-order valence-electron chi connectivity index (χ3n) is 3.06. The summed E-state index contributed by atoms with van der Waals surface area (Å²) in [4.78, 5) is 24.4. The molecule has 1 aliphatic rings. The highest BCUT2D eigenvalue weighted by atomic mass is 79.9. The van der Waals surface area contributed by atoms with Crippen LogP contribution in [0.1, 0.15) is 28.8 Å². The lowest BCUT2D eigenvalue weighted by Gasteiger charge is -2.28. The van der Waals surface area contributed by atoms with Crippen molar-refractivity contribution in [1.82, 2.24) is 4.90 Å². The summed E-state index contributed by atoms with van der Waals surface area (Å²) in [5.41, 5.74) is 1.80. The molecule has 0 saturated carbocycles. The minimum atomic E-state index is -0.817. The predicted octanol–water partition coefficient (Wildman–Crippen LogP) is 2.31. The predicted molar refractivity (Wildman–Crippen MR) is 70.6 cm³/mol. The zero-order valence-corrected chi connectivity index (χ0v) is 11.4. The van der Waals surface area contributed by atoms with E-state index < -0.39 is 5.97 Å². The molecule has 18 heavy (non-hydrogen) atoms. The Morgan fingerprint density at radius 3 is 2.94 bits per heavy atom. The molecule has 1 aromatic carbocycles. The van der Waals surface area contributed by atoms with E-state index in [0.29, 0.717) is 19.5 Å². The Kier molecular flexibility index (Phi) is 4.01. The summed E-state index contributed by atoms with van der Waals surface area (Å²) in [6, 6.07) is 5.74. The Morgan fingerprint density at radius 1 is 1.44 bits per heavy atom. The smallest absolute Gasteiger partial charge is 0.303 e. The van der Waals surface area contributed by atoms with E-state index in [1.54, 1.807) is 4.90 Å². The average Bonchev–Trinajstić information content (AvgIpc) is 2.32. The van der Waals surface area contributed by atoms with Crippen LogP contribution < -0.4 is 0 Å². The Morgan fingerprint density at radius 2 is 2.22 bits per heavy atom. The molecule has 0 radical (unpaired) electrons. The fourth-order valence-electron chi connectivity index (χ4n) is 2.13. The highest BCUT2D eigenvalue weighted by Gasteiger charge is 2.23. The number of halogens is 1. The lowest BCUT2D eigenvalue weighted by atomic mass is 9.99. The van der Waals surface area contributed by atoms with Crippen LogP contribution in [0.3, 0.4) is 0 Å². The molecule has 1 aromatic rings. The van der Waals surface area contributed by atoms with Gasteiger partial charge in [-0.1, -0.05) is 22.0 Å². The number of hydrogen-bond donors (Lipinski definition) is 1. The van der Waals surface area contributed by atoms with Crippen molar-refractivity contribution in [2.45, 2.75) is 19.3 Å². The summed E-state index contributed by atoms with van der Waals surface area (Å²) in [5.74, 6) is -0.814.